The third-order valence-corrected chi connectivity index (χ3v) is 9.04. The second kappa shape index (κ2) is 10.8. The van der Waals surface area contributed by atoms with Crippen LogP contribution in [0.5, 0.6) is 0 Å². The number of amidine groups is 1. The number of rotatable bonds is 5. The summed E-state index contributed by atoms with van der Waals surface area (Å²) in [7, 11) is 0. The van der Waals surface area contributed by atoms with Crippen LogP contribution in [0.4, 0.5) is 17.1 Å². The Hall–Kier alpha value is -2.77. The van der Waals surface area contributed by atoms with E-state index in [1.165, 1.54) is 34.3 Å². The highest BCUT2D eigenvalue weighted by Gasteiger charge is 2.36. The summed E-state index contributed by atoms with van der Waals surface area (Å²) in [5, 5.41) is 0.741. The standard InChI is InChI=1S/C31H40N4O2S/c1-7-34-29(36)28(38-30(34)32-24-9-11-25(12-10-24)33-13-15-37-16-14-33)19-23-18-26-22(4)20-31(5,6)35(8-2)27(26)17-21(23)3/h9-12,17-19,22H,7-8,13-16,20H2,1-6H3/b28-19-,32-30?/t22-/m0/s1. The SMILES string of the molecule is CCN1C(=O)/C(=C/c2cc3c(cc2C)N(CC)C(C)(C)C[C@@H]3C)SC1=Nc1ccc(N2CCOCC2)cc1. The minimum atomic E-state index is 0.0303. The van der Waals surface area contributed by atoms with Crippen molar-refractivity contribution in [1.82, 2.24) is 4.90 Å². The first-order valence-electron chi connectivity index (χ1n) is 13.9. The Morgan fingerprint density at radius 2 is 1.82 bits per heavy atom. The Balaban J connectivity index is 1.42. The monoisotopic (exact) mass is 532 g/mol. The highest BCUT2D eigenvalue weighted by molar-refractivity contribution is 8.18. The molecule has 3 aliphatic heterocycles. The fourth-order valence-corrected chi connectivity index (χ4v) is 7.14. The minimum absolute atomic E-state index is 0.0303. The Labute approximate surface area is 231 Å². The zero-order valence-corrected chi connectivity index (χ0v) is 24.4. The molecule has 0 saturated carbocycles. The zero-order valence-electron chi connectivity index (χ0n) is 23.6. The van der Waals surface area contributed by atoms with Gasteiger partial charge in [0, 0.05) is 43.1 Å². The van der Waals surface area contributed by atoms with Crippen LogP contribution in [0.3, 0.4) is 0 Å². The normalized spacial score (nSPS) is 23.5. The molecule has 5 rings (SSSR count). The number of carbonyl (C=O) groups is 1. The van der Waals surface area contributed by atoms with Crippen molar-refractivity contribution in [3.63, 3.8) is 0 Å². The van der Waals surface area contributed by atoms with Gasteiger partial charge in [-0.25, -0.2) is 4.99 Å². The van der Waals surface area contributed by atoms with Gasteiger partial charge in [-0.05, 0) is 118 Å². The number of likely N-dealkylation sites (N-methyl/N-ethyl adjacent to an activating group) is 1. The van der Waals surface area contributed by atoms with Gasteiger partial charge in [0.05, 0.1) is 23.8 Å². The van der Waals surface area contributed by atoms with E-state index in [9.17, 15) is 4.79 Å². The average Bonchev–Trinajstić information content (AvgIpc) is 3.19. The van der Waals surface area contributed by atoms with Crippen molar-refractivity contribution in [1.29, 1.82) is 0 Å². The number of amides is 1. The summed E-state index contributed by atoms with van der Waals surface area (Å²) in [5.41, 5.74) is 7.20. The van der Waals surface area contributed by atoms with Crippen LogP contribution >= 0.6 is 11.8 Å². The molecule has 38 heavy (non-hydrogen) atoms. The first kappa shape index (κ1) is 26.8. The van der Waals surface area contributed by atoms with Crippen LogP contribution in [0.2, 0.25) is 0 Å². The van der Waals surface area contributed by atoms with E-state index >= 15 is 0 Å². The van der Waals surface area contributed by atoms with Gasteiger partial charge in [0.2, 0.25) is 0 Å². The number of benzene rings is 2. The highest BCUT2D eigenvalue weighted by Crippen LogP contribution is 2.45. The molecule has 2 saturated heterocycles. The molecule has 3 heterocycles. The quantitative estimate of drug-likeness (QED) is 0.408. The Bertz CT molecular complexity index is 1260. The largest absolute Gasteiger partial charge is 0.378 e. The van der Waals surface area contributed by atoms with Gasteiger partial charge in [-0.2, -0.15) is 0 Å². The lowest BCUT2D eigenvalue weighted by atomic mass is 9.79. The molecule has 1 atom stereocenters. The molecule has 3 aliphatic rings. The van der Waals surface area contributed by atoms with Crippen LogP contribution in [-0.4, -0.2) is 60.9 Å². The molecule has 0 aromatic heterocycles. The zero-order chi connectivity index (χ0) is 27.0. The van der Waals surface area contributed by atoms with Crippen molar-refractivity contribution in [2.45, 2.75) is 59.4 Å². The van der Waals surface area contributed by atoms with Crippen LogP contribution in [0, 0.1) is 6.92 Å². The van der Waals surface area contributed by atoms with E-state index in [1.54, 1.807) is 4.90 Å². The molecular formula is C31H40N4O2S. The van der Waals surface area contributed by atoms with E-state index in [4.69, 9.17) is 9.73 Å². The Kier molecular flexibility index (Phi) is 7.60. The summed E-state index contributed by atoms with van der Waals surface area (Å²) in [5.74, 6) is 0.500. The first-order valence-corrected chi connectivity index (χ1v) is 14.7. The summed E-state index contributed by atoms with van der Waals surface area (Å²) >= 11 is 1.48. The molecule has 202 valence electrons. The summed E-state index contributed by atoms with van der Waals surface area (Å²) < 4.78 is 5.47. The first-order chi connectivity index (χ1) is 18.2. The van der Waals surface area contributed by atoms with Crippen molar-refractivity contribution in [3.8, 4) is 0 Å². The number of nitrogens with zero attached hydrogens (tertiary/aromatic N) is 4. The van der Waals surface area contributed by atoms with Crippen molar-refractivity contribution in [2.75, 3.05) is 49.2 Å². The van der Waals surface area contributed by atoms with Gasteiger partial charge < -0.3 is 14.5 Å². The number of morpholine rings is 1. The van der Waals surface area contributed by atoms with Crippen LogP contribution in [0.25, 0.3) is 6.08 Å². The third kappa shape index (κ3) is 5.10. The van der Waals surface area contributed by atoms with Crippen molar-refractivity contribution in [3.05, 3.63) is 58.0 Å². The van der Waals surface area contributed by atoms with Crippen LogP contribution in [0.1, 0.15) is 63.6 Å². The van der Waals surface area contributed by atoms with Gasteiger partial charge >= 0.3 is 0 Å². The van der Waals surface area contributed by atoms with E-state index in [1.807, 2.05) is 19.1 Å². The highest BCUT2D eigenvalue weighted by atomic mass is 32.2. The van der Waals surface area contributed by atoms with Crippen LogP contribution in [0.15, 0.2) is 46.3 Å². The lowest BCUT2D eigenvalue weighted by Crippen LogP contribution is -2.48. The molecule has 0 unspecified atom stereocenters. The molecular weight excluding hydrogens is 492 g/mol. The number of fused-ring (bicyclic) bond motifs is 1. The summed E-state index contributed by atoms with van der Waals surface area (Å²) in [6.07, 6.45) is 3.18. The summed E-state index contributed by atoms with van der Waals surface area (Å²) in [4.78, 5) is 25.6. The molecule has 0 N–H and O–H groups in total. The second-order valence-corrected chi connectivity index (χ2v) is 12.1. The maximum atomic E-state index is 13.4. The van der Waals surface area contributed by atoms with E-state index in [0.717, 1.165) is 60.6 Å². The van der Waals surface area contributed by atoms with Gasteiger partial charge in [-0.1, -0.05) is 6.92 Å². The fourth-order valence-electron chi connectivity index (χ4n) is 6.09. The van der Waals surface area contributed by atoms with Crippen molar-refractivity contribution >= 4 is 46.0 Å². The predicted molar refractivity (Wildman–Crippen MR) is 161 cm³/mol. The van der Waals surface area contributed by atoms with Gasteiger partial charge in [0.25, 0.3) is 5.91 Å². The van der Waals surface area contributed by atoms with E-state index in [-0.39, 0.29) is 11.4 Å². The van der Waals surface area contributed by atoms with Gasteiger partial charge in [0.1, 0.15) is 0 Å². The molecule has 2 fully saturated rings. The molecule has 0 aliphatic carbocycles. The molecule has 6 nitrogen and oxygen atoms in total. The average molecular weight is 533 g/mol. The number of thioether (sulfide) groups is 1. The van der Waals surface area contributed by atoms with Gasteiger partial charge in [-0.15, -0.1) is 0 Å². The predicted octanol–water partition coefficient (Wildman–Crippen LogP) is 6.57. The lowest BCUT2D eigenvalue weighted by molar-refractivity contribution is -0.122. The number of carbonyl (C=O) groups excluding carboxylic acids is 1. The van der Waals surface area contributed by atoms with E-state index in [2.05, 4.69) is 74.8 Å². The number of hydrogen-bond acceptors (Lipinski definition) is 6. The van der Waals surface area contributed by atoms with Gasteiger partial charge in [-0.3, -0.25) is 9.69 Å². The smallest absolute Gasteiger partial charge is 0.266 e. The lowest BCUT2D eigenvalue weighted by Gasteiger charge is -2.47. The molecule has 2 aromatic carbocycles. The van der Waals surface area contributed by atoms with Crippen LogP contribution < -0.4 is 9.80 Å². The number of ether oxygens (including phenoxy) is 1. The number of aliphatic imine (C=N–C) groups is 1. The van der Waals surface area contributed by atoms with E-state index in [0.29, 0.717) is 12.5 Å². The Morgan fingerprint density at radius 3 is 2.47 bits per heavy atom. The van der Waals surface area contributed by atoms with Crippen LogP contribution in [-0.2, 0) is 9.53 Å². The summed E-state index contributed by atoms with van der Waals surface area (Å²) in [6.45, 7) is 18.3. The maximum Gasteiger partial charge on any atom is 0.266 e. The summed E-state index contributed by atoms with van der Waals surface area (Å²) in [6, 6.07) is 12.9. The minimum Gasteiger partial charge on any atom is -0.378 e. The second-order valence-electron chi connectivity index (χ2n) is 11.1. The maximum absolute atomic E-state index is 13.4. The molecule has 1 amide bonds. The van der Waals surface area contributed by atoms with Crippen molar-refractivity contribution in [2.24, 2.45) is 4.99 Å². The number of hydrogen-bond donors (Lipinski definition) is 0. The molecule has 2 aromatic rings. The fraction of sp³-hybridized carbons (Fsp3) is 0.484. The Morgan fingerprint density at radius 1 is 1.11 bits per heavy atom. The molecule has 0 radical (unpaired) electrons. The molecule has 7 heteroatoms. The molecule has 0 spiro atoms. The van der Waals surface area contributed by atoms with Gasteiger partial charge in [0.15, 0.2) is 5.17 Å². The van der Waals surface area contributed by atoms with E-state index < -0.39 is 0 Å². The van der Waals surface area contributed by atoms with Crippen molar-refractivity contribution < 1.29 is 9.53 Å². The topological polar surface area (TPSA) is 48.4 Å². The number of anilines is 2. The third-order valence-electron chi connectivity index (χ3n) is 8.03. The number of aryl methyl sites for hydroxylation is 1. The molecule has 0 bridgehead atoms.